The second-order valence-corrected chi connectivity index (χ2v) is 6.39. The zero-order chi connectivity index (χ0) is 12.2. The molecule has 0 radical (unpaired) electrons. The third kappa shape index (κ3) is 2.83. The van der Waals surface area contributed by atoms with Gasteiger partial charge in [-0.25, -0.2) is 0 Å². The molecule has 2 aliphatic rings. The minimum atomic E-state index is 0.629. The molecule has 1 unspecified atom stereocenters. The third-order valence-corrected chi connectivity index (χ3v) is 5.01. The first-order valence-corrected chi connectivity index (χ1v) is 8.12. The Balaban J connectivity index is 1.60. The van der Waals surface area contributed by atoms with E-state index in [1.54, 1.807) is 0 Å². The van der Waals surface area contributed by atoms with Gasteiger partial charge < -0.3 is 10.1 Å². The molecule has 18 heavy (non-hydrogen) atoms. The van der Waals surface area contributed by atoms with Gasteiger partial charge in [-0.15, -0.1) is 0 Å². The summed E-state index contributed by atoms with van der Waals surface area (Å²) in [7, 11) is 0. The Morgan fingerprint density at radius 2 is 2.00 bits per heavy atom. The molecular weight excluding hydrogens is 242 g/mol. The van der Waals surface area contributed by atoms with Gasteiger partial charge in [0.15, 0.2) is 0 Å². The highest BCUT2D eigenvalue weighted by atomic mass is 32.2. The van der Waals surface area contributed by atoms with Gasteiger partial charge in [0.1, 0.15) is 5.75 Å². The van der Waals surface area contributed by atoms with Crippen LogP contribution in [0.2, 0.25) is 0 Å². The highest BCUT2D eigenvalue weighted by molar-refractivity contribution is 7.99. The van der Waals surface area contributed by atoms with Gasteiger partial charge in [-0.3, -0.25) is 0 Å². The van der Waals surface area contributed by atoms with Gasteiger partial charge in [-0.05, 0) is 42.4 Å². The highest BCUT2D eigenvalue weighted by Crippen LogP contribution is 2.33. The summed E-state index contributed by atoms with van der Waals surface area (Å²) in [6.07, 6.45) is 3.80. The number of hydrogen-bond acceptors (Lipinski definition) is 3. The summed E-state index contributed by atoms with van der Waals surface area (Å²) in [6.45, 7) is 1.97. The van der Waals surface area contributed by atoms with Gasteiger partial charge >= 0.3 is 0 Å². The first kappa shape index (κ1) is 12.4. The largest absolute Gasteiger partial charge is 0.493 e. The van der Waals surface area contributed by atoms with Gasteiger partial charge in [0.2, 0.25) is 0 Å². The molecule has 3 rings (SSSR count). The van der Waals surface area contributed by atoms with Crippen LogP contribution in [-0.4, -0.2) is 30.7 Å². The van der Waals surface area contributed by atoms with E-state index in [-0.39, 0.29) is 0 Å². The number of fused-ring (bicyclic) bond motifs is 1. The van der Waals surface area contributed by atoms with Gasteiger partial charge in [0, 0.05) is 18.5 Å². The van der Waals surface area contributed by atoms with Crippen LogP contribution in [0.4, 0.5) is 0 Å². The molecule has 0 spiro atoms. The fourth-order valence-electron chi connectivity index (χ4n) is 2.84. The second kappa shape index (κ2) is 5.98. The van der Waals surface area contributed by atoms with E-state index in [2.05, 4.69) is 41.3 Å². The summed E-state index contributed by atoms with van der Waals surface area (Å²) in [4.78, 5) is 0. The van der Waals surface area contributed by atoms with Crippen LogP contribution in [0.1, 0.15) is 30.7 Å². The van der Waals surface area contributed by atoms with Gasteiger partial charge in [0.25, 0.3) is 0 Å². The van der Waals surface area contributed by atoms with Crippen molar-refractivity contribution in [3.8, 4) is 5.75 Å². The molecule has 0 aromatic heterocycles. The average molecular weight is 263 g/mol. The lowest BCUT2D eigenvalue weighted by molar-refractivity contribution is 0.261. The van der Waals surface area contributed by atoms with Crippen molar-refractivity contribution in [2.75, 3.05) is 24.7 Å². The lowest BCUT2D eigenvalue weighted by Crippen LogP contribution is -2.36. The number of thioether (sulfide) groups is 1. The van der Waals surface area contributed by atoms with Gasteiger partial charge in [-0.1, -0.05) is 18.2 Å². The van der Waals surface area contributed by atoms with Crippen molar-refractivity contribution in [2.45, 2.75) is 31.2 Å². The molecule has 2 heterocycles. The van der Waals surface area contributed by atoms with Crippen LogP contribution in [0.25, 0.3) is 0 Å². The zero-order valence-electron chi connectivity index (χ0n) is 10.7. The minimum Gasteiger partial charge on any atom is -0.493 e. The number of rotatable bonds is 3. The van der Waals surface area contributed by atoms with Gasteiger partial charge in [0.05, 0.1) is 6.61 Å². The fraction of sp³-hybridized carbons (Fsp3) is 0.600. The maximum absolute atomic E-state index is 5.71. The number of para-hydroxylation sites is 1. The molecular formula is C15H21NOS. The monoisotopic (exact) mass is 263 g/mol. The van der Waals surface area contributed by atoms with E-state index in [0.29, 0.717) is 5.92 Å². The molecule has 0 saturated carbocycles. The second-order valence-electron chi connectivity index (χ2n) is 5.17. The quantitative estimate of drug-likeness (QED) is 0.905. The molecule has 0 aliphatic carbocycles. The number of ether oxygens (including phenoxy) is 1. The Bertz CT molecular complexity index is 390. The molecule has 2 nitrogen and oxygen atoms in total. The van der Waals surface area contributed by atoms with Crippen molar-refractivity contribution >= 4 is 11.8 Å². The predicted molar refractivity (Wildman–Crippen MR) is 77.6 cm³/mol. The summed E-state index contributed by atoms with van der Waals surface area (Å²) in [5.41, 5.74) is 1.39. The molecule has 1 atom stereocenters. The molecule has 0 bridgehead atoms. The molecule has 0 amide bonds. The summed E-state index contributed by atoms with van der Waals surface area (Å²) >= 11 is 2.09. The Morgan fingerprint density at radius 3 is 2.89 bits per heavy atom. The SMILES string of the molecule is c1ccc2c(c1)OCCC2CNC1CCSCC1. The van der Waals surface area contributed by atoms with E-state index in [9.17, 15) is 0 Å². The van der Waals surface area contributed by atoms with E-state index in [1.165, 1.54) is 29.9 Å². The molecule has 1 saturated heterocycles. The van der Waals surface area contributed by atoms with Crippen molar-refractivity contribution in [2.24, 2.45) is 0 Å². The molecule has 1 fully saturated rings. The Labute approximate surface area is 113 Å². The van der Waals surface area contributed by atoms with E-state index in [4.69, 9.17) is 4.74 Å². The third-order valence-electron chi connectivity index (χ3n) is 3.96. The Hall–Kier alpha value is -0.670. The summed E-state index contributed by atoms with van der Waals surface area (Å²) in [6, 6.07) is 9.24. The van der Waals surface area contributed by atoms with Crippen molar-refractivity contribution in [1.29, 1.82) is 0 Å². The summed E-state index contributed by atoms with van der Waals surface area (Å²) < 4.78 is 5.71. The van der Waals surface area contributed by atoms with E-state index in [0.717, 1.165) is 31.4 Å². The lowest BCUT2D eigenvalue weighted by Gasteiger charge is -2.29. The summed E-state index contributed by atoms with van der Waals surface area (Å²) in [5, 5.41) is 3.76. The molecule has 2 aliphatic heterocycles. The Morgan fingerprint density at radius 1 is 1.17 bits per heavy atom. The molecule has 3 heteroatoms. The van der Waals surface area contributed by atoms with Crippen LogP contribution in [0.15, 0.2) is 24.3 Å². The van der Waals surface area contributed by atoms with Crippen LogP contribution >= 0.6 is 11.8 Å². The topological polar surface area (TPSA) is 21.3 Å². The molecule has 1 aromatic rings. The van der Waals surface area contributed by atoms with E-state index >= 15 is 0 Å². The molecule has 1 N–H and O–H groups in total. The standard InChI is InChI=1S/C15H21NOS/c1-2-4-15-14(3-1)12(5-8-17-15)11-16-13-6-9-18-10-7-13/h1-4,12-13,16H,5-11H2. The molecule has 1 aromatic carbocycles. The number of nitrogens with one attached hydrogen (secondary N) is 1. The van der Waals surface area contributed by atoms with Crippen molar-refractivity contribution in [1.82, 2.24) is 5.32 Å². The number of benzene rings is 1. The van der Waals surface area contributed by atoms with Crippen molar-refractivity contribution in [3.05, 3.63) is 29.8 Å². The summed E-state index contributed by atoms with van der Waals surface area (Å²) in [5.74, 6) is 4.36. The maximum Gasteiger partial charge on any atom is 0.122 e. The lowest BCUT2D eigenvalue weighted by atomic mass is 9.92. The highest BCUT2D eigenvalue weighted by Gasteiger charge is 2.22. The van der Waals surface area contributed by atoms with E-state index in [1.807, 2.05) is 0 Å². The normalized spacial score (nSPS) is 24.3. The Kier molecular flexibility index (Phi) is 4.11. The van der Waals surface area contributed by atoms with Crippen LogP contribution in [0, 0.1) is 0 Å². The van der Waals surface area contributed by atoms with Gasteiger partial charge in [-0.2, -0.15) is 11.8 Å². The minimum absolute atomic E-state index is 0.629. The average Bonchev–Trinajstić information content (AvgIpc) is 2.46. The first-order valence-electron chi connectivity index (χ1n) is 6.96. The van der Waals surface area contributed by atoms with Crippen molar-refractivity contribution < 1.29 is 4.74 Å². The van der Waals surface area contributed by atoms with Crippen LogP contribution in [-0.2, 0) is 0 Å². The number of hydrogen-bond donors (Lipinski definition) is 1. The van der Waals surface area contributed by atoms with E-state index < -0.39 is 0 Å². The zero-order valence-corrected chi connectivity index (χ0v) is 11.5. The van der Waals surface area contributed by atoms with Crippen LogP contribution in [0.3, 0.4) is 0 Å². The maximum atomic E-state index is 5.71. The van der Waals surface area contributed by atoms with Crippen LogP contribution < -0.4 is 10.1 Å². The van der Waals surface area contributed by atoms with Crippen molar-refractivity contribution in [3.63, 3.8) is 0 Å². The smallest absolute Gasteiger partial charge is 0.122 e. The molecule has 98 valence electrons. The predicted octanol–water partition coefficient (Wildman–Crippen LogP) is 3.04. The van der Waals surface area contributed by atoms with Crippen LogP contribution in [0.5, 0.6) is 5.75 Å². The first-order chi connectivity index (χ1) is 8.93. The fourth-order valence-corrected chi connectivity index (χ4v) is 3.95.